The number of rotatable bonds is 7. The van der Waals surface area contributed by atoms with Crippen molar-refractivity contribution in [3.05, 3.63) is 53.1 Å². The summed E-state index contributed by atoms with van der Waals surface area (Å²) < 4.78 is 10.6. The molecule has 0 unspecified atom stereocenters. The number of nitrogens with one attached hydrogen (secondary N) is 1. The summed E-state index contributed by atoms with van der Waals surface area (Å²) in [5.74, 6) is -2.34. The van der Waals surface area contributed by atoms with Crippen LogP contribution < -0.4 is 14.8 Å². The van der Waals surface area contributed by atoms with Gasteiger partial charge < -0.3 is 25.0 Å². The molecule has 0 spiro atoms. The van der Waals surface area contributed by atoms with Crippen LogP contribution in [0.4, 0.5) is 5.69 Å². The van der Waals surface area contributed by atoms with Crippen LogP contribution in [0.5, 0.6) is 11.5 Å². The second-order valence-electron chi connectivity index (χ2n) is 5.40. The number of carboxylic acid groups (broad SMARTS) is 2. The van der Waals surface area contributed by atoms with Crippen LogP contribution in [0.15, 0.2) is 36.4 Å². The summed E-state index contributed by atoms with van der Waals surface area (Å²) in [7, 11) is 1.48. The van der Waals surface area contributed by atoms with Crippen molar-refractivity contribution in [2.45, 2.75) is 6.92 Å². The van der Waals surface area contributed by atoms with E-state index in [1.807, 2.05) is 6.92 Å². The van der Waals surface area contributed by atoms with E-state index in [0.717, 1.165) is 11.6 Å². The van der Waals surface area contributed by atoms with Crippen LogP contribution in [-0.4, -0.2) is 41.8 Å². The normalized spacial score (nSPS) is 10.1. The molecule has 0 heterocycles. The third-order valence-electron chi connectivity index (χ3n) is 3.39. The summed E-state index contributed by atoms with van der Waals surface area (Å²) in [5, 5.41) is 20.5. The lowest BCUT2D eigenvalue weighted by Gasteiger charge is -2.12. The molecule has 0 aliphatic rings. The van der Waals surface area contributed by atoms with E-state index in [9.17, 15) is 14.4 Å². The second-order valence-corrected chi connectivity index (χ2v) is 5.40. The van der Waals surface area contributed by atoms with E-state index in [2.05, 4.69) is 5.32 Å². The molecule has 0 fully saturated rings. The molecule has 0 aliphatic carbocycles. The van der Waals surface area contributed by atoms with Gasteiger partial charge in [-0.3, -0.25) is 4.79 Å². The molecule has 0 saturated heterocycles. The Morgan fingerprint density at radius 3 is 2.12 bits per heavy atom. The van der Waals surface area contributed by atoms with Crippen LogP contribution in [0.1, 0.15) is 26.3 Å². The van der Waals surface area contributed by atoms with E-state index in [1.165, 1.54) is 19.2 Å². The molecule has 3 N–H and O–H groups in total. The maximum Gasteiger partial charge on any atom is 0.335 e. The van der Waals surface area contributed by atoms with Crippen molar-refractivity contribution < 1.29 is 34.1 Å². The number of aromatic carboxylic acids is 2. The van der Waals surface area contributed by atoms with Gasteiger partial charge in [-0.2, -0.15) is 0 Å². The van der Waals surface area contributed by atoms with Crippen LogP contribution in [0.3, 0.4) is 0 Å². The van der Waals surface area contributed by atoms with Gasteiger partial charge in [-0.1, -0.05) is 6.07 Å². The fourth-order valence-corrected chi connectivity index (χ4v) is 2.18. The van der Waals surface area contributed by atoms with Crippen molar-refractivity contribution in [2.75, 3.05) is 19.0 Å². The van der Waals surface area contributed by atoms with Crippen LogP contribution in [0, 0.1) is 6.92 Å². The molecule has 0 radical (unpaired) electrons. The topological polar surface area (TPSA) is 122 Å². The van der Waals surface area contributed by atoms with Gasteiger partial charge in [0, 0.05) is 5.69 Å². The number of methoxy groups -OCH3 is 1. The van der Waals surface area contributed by atoms with Crippen molar-refractivity contribution in [1.82, 2.24) is 0 Å². The Morgan fingerprint density at radius 2 is 1.58 bits per heavy atom. The molecular weight excluding hydrogens is 342 g/mol. The zero-order chi connectivity index (χ0) is 19.3. The standard InChI is InChI=1S/C18H17NO7/c1-10-3-4-14(15(5-10)25-2)26-9-16(20)19-13-7-11(17(21)22)6-12(8-13)18(23)24/h3-8H,9H2,1-2H3,(H,19,20)(H,21,22)(H,23,24). The van der Waals surface area contributed by atoms with E-state index in [1.54, 1.807) is 18.2 Å². The Hall–Kier alpha value is -3.55. The molecule has 1 amide bonds. The summed E-state index contributed by atoms with van der Waals surface area (Å²) in [5.41, 5.74) is 0.514. The monoisotopic (exact) mass is 359 g/mol. The third kappa shape index (κ3) is 4.73. The third-order valence-corrected chi connectivity index (χ3v) is 3.39. The zero-order valence-corrected chi connectivity index (χ0v) is 14.1. The number of hydrogen-bond acceptors (Lipinski definition) is 5. The van der Waals surface area contributed by atoms with Crippen LogP contribution in [-0.2, 0) is 4.79 Å². The number of carbonyl (C=O) groups is 3. The van der Waals surface area contributed by atoms with E-state index in [0.29, 0.717) is 11.5 Å². The second kappa shape index (κ2) is 8.02. The molecule has 26 heavy (non-hydrogen) atoms. The highest BCUT2D eigenvalue weighted by Gasteiger charge is 2.14. The van der Waals surface area contributed by atoms with Gasteiger partial charge in [0.25, 0.3) is 5.91 Å². The number of carboxylic acids is 2. The Labute approximate surface area is 149 Å². The van der Waals surface area contributed by atoms with Crippen molar-refractivity contribution in [3.63, 3.8) is 0 Å². The molecule has 0 aliphatic heterocycles. The number of hydrogen-bond donors (Lipinski definition) is 3. The summed E-state index contributed by atoms with van der Waals surface area (Å²) >= 11 is 0. The Balaban J connectivity index is 2.10. The van der Waals surface area contributed by atoms with Gasteiger partial charge in [0.05, 0.1) is 18.2 Å². The summed E-state index contributed by atoms with van der Waals surface area (Å²) in [6.45, 7) is 1.52. The van der Waals surface area contributed by atoms with Crippen molar-refractivity contribution in [1.29, 1.82) is 0 Å². The average Bonchev–Trinajstić information content (AvgIpc) is 2.60. The lowest BCUT2D eigenvalue weighted by molar-refractivity contribution is -0.118. The summed E-state index contributed by atoms with van der Waals surface area (Å²) in [6.07, 6.45) is 0. The van der Waals surface area contributed by atoms with Gasteiger partial charge >= 0.3 is 11.9 Å². The minimum Gasteiger partial charge on any atom is -0.493 e. The van der Waals surface area contributed by atoms with Gasteiger partial charge in [0.2, 0.25) is 0 Å². The smallest absolute Gasteiger partial charge is 0.335 e. The number of aryl methyl sites for hydroxylation is 1. The van der Waals surface area contributed by atoms with Crippen molar-refractivity contribution in [3.8, 4) is 11.5 Å². The molecule has 2 rings (SSSR count). The minimum atomic E-state index is -1.30. The highest BCUT2D eigenvalue weighted by Crippen LogP contribution is 2.27. The minimum absolute atomic E-state index is 0.0479. The molecule has 8 heteroatoms. The van der Waals surface area contributed by atoms with E-state index in [4.69, 9.17) is 19.7 Å². The lowest BCUT2D eigenvalue weighted by atomic mass is 10.1. The number of ether oxygens (including phenoxy) is 2. The molecular formula is C18H17NO7. The Kier molecular flexibility index (Phi) is 5.79. The molecule has 8 nitrogen and oxygen atoms in total. The Morgan fingerprint density at radius 1 is 0.962 bits per heavy atom. The molecule has 136 valence electrons. The quantitative estimate of drug-likeness (QED) is 0.694. The summed E-state index contributed by atoms with van der Waals surface area (Å²) in [6, 6.07) is 8.55. The first-order valence-corrected chi connectivity index (χ1v) is 7.49. The molecule has 0 aromatic heterocycles. The molecule has 0 saturated carbocycles. The maximum absolute atomic E-state index is 12.0. The highest BCUT2D eigenvalue weighted by molar-refractivity contribution is 5.98. The van der Waals surface area contributed by atoms with E-state index < -0.39 is 17.8 Å². The zero-order valence-electron chi connectivity index (χ0n) is 14.1. The van der Waals surface area contributed by atoms with Gasteiger partial charge in [-0.05, 0) is 42.8 Å². The van der Waals surface area contributed by atoms with E-state index in [-0.39, 0.29) is 23.4 Å². The number of amides is 1. The van der Waals surface area contributed by atoms with Crippen LogP contribution >= 0.6 is 0 Å². The average molecular weight is 359 g/mol. The molecule has 2 aromatic carbocycles. The lowest BCUT2D eigenvalue weighted by Crippen LogP contribution is -2.21. The number of carbonyl (C=O) groups excluding carboxylic acids is 1. The highest BCUT2D eigenvalue weighted by atomic mass is 16.5. The fourth-order valence-electron chi connectivity index (χ4n) is 2.18. The van der Waals surface area contributed by atoms with Crippen molar-refractivity contribution in [2.24, 2.45) is 0 Å². The SMILES string of the molecule is COc1cc(C)ccc1OCC(=O)Nc1cc(C(=O)O)cc(C(=O)O)c1. The predicted octanol–water partition coefficient (Wildman–Crippen LogP) is 2.42. The van der Waals surface area contributed by atoms with E-state index >= 15 is 0 Å². The van der Waals surface area contributed by atoms with Crippen LogP contribution in [0.2, 0.25) is 0 Å². The molecule has 2 aromatic rings. The largest absolute Gasteiger partial charge is 0.493 e. The van der Waals surface area contributed by atoms with Crippen LogP contribution in [0.25, 0.3) is 0 Å². The van der Waals surface area contributed by atoms with Gasteiger partial charge in [-0.15, -0.1) is 0 Å². The first kappa shape index (κ1) is 18.8. The molecule has 0 bridgehead atoms. The van der Waals surface area contributed by atoms with Crippen molar-refractivity contribution >= 4 is 23.5 Å². The first-order valence-electron chi connectivity index (χ1n) is 7.49. The number of anilines is 1. The van der Waals surface area contributed by atoms with Gasteiger partial charge in [0.15, 0.2) is 18.1 Å². The summed E-state index contributed by atoms with van der Waals surface area (Å²) in [4.78, 5) is 34.2. The first-order chi connectivity index (χ1) is 12.3. The number of benzene rings is 2. The van der Waals surface area contributed by atoms with Gasteiger partial charge in [0.1, 0.15) is 0 Å². The molecule has 0 atom stereocenters. The fraction of sp³-hybridized carbons (Fsp3) is 0.167. The predicted molar refractivity (Wildman–Crippen MR) is 92.2 cm³/mol. The van der Waals surface area contributed by atoms with Gasteiger partial charge in [-0.25, -0.2) is 9.59 Å². The Bertz CT molecular complexity index is 828. The maximum atomic E-state index is 12.0.